The van der Waals surface area contributed by atoms with Crippen LogP contribution in [0, 0.1) is 0 Å². The summed E-state index contributed by atoms with van der Waals surface area (Å²) in [5.74, 6) is -1.31. The number of nitrogens with one attached hydrogen (secondary N) is 2. The van der Waals surface area contributed by atoms with Gasteiger partial charge in [0, 0.05) is 17.9 Å². The summed E-state index contributed by atoms with van der Waals surface area (Å²) in [5, 5.41) is 0.701. The number of benzene rings is 2. The van der Waals surface area contributed by atoms with Crippen molar-refractivity contribution in [2.45, 2.75) is 32.3 Å². The van der Waals surface area contributed by atoms with Crippen LogP contribution in [0.4, 0.5) is 0 Å². The summed E-state index contributed by atoms with van der Waals surface area (Å²) >= 11 is 11.8. The Hall–Kier alpha value is -2.77. The molecule has 0 aliphatic heterocycles. The van der Waals surface area contributed by atoms with Gasteiger partial charge >= 0.3 is 5.97 Å². The Balaban J connectivity index is 1.63. The Morgan fingerprint density at radius 3 is 2.43 bits per heavy atom. The summed E-state index contributed by atoms with van der Waals surface area (Å²) in [7, 11) is 0. The van der Waals surface area contributed by atoms with E-state index < -0.39 is 23.9 Å². The lowest BCUT2D eigenvalue weighted by Crippen LogP contribution is -2.47. The summed E-state index contributed by atoms with van der Waals surface area (Å²) in [6.07, 6.45) is -0.539. The average Bonchev–Trinajstić information content (AvgIpc) is 2.73. The van der Waals surface area contributed by atoms with Crippen LogP contribution in [-0.4, -0.2) is 30.5 Å². The highest BCUT2D eigenvalue weighted by Crippen LogP contribution is 2.28. The molecular formula is C21H22Cl2N2O5. The number of carbonyl (C=O) groups is 3. The molecule has 0 fully saturated rings. The van der Waals surface area contributed by atoms with Gasteiger partial charge in [0.2, 0.25) is 5.91 Å². The number of hydrogen-bond acceptors (Lipinski definition) is 5. The van der Waals surface area contributed by atoms with E-state index in [2.05, 4.69) is 10.9 Å². The van der Waals surface area contributed by atoms with Crippen molar-refractivity contribution in [1.29, 1.82) is 0 Å². The van der Waals surface area contributed by atoms with Gasteiger partial charge in [-0.25, -0.2) is 0 Å². The first kappa shape index (κ1) is 23.5. The molecule has 160 valence electrons. The third kappa shape index (κ3) is 8.31. The molecule has 2 N–H and O–H groups in total. The van der Waals surface area contributed by atoms with Crippen LogP contribution in [0.1, 0.15) is 25.3 Å². The predicted molar refractivity (Wildman–Crippen MR) is 113 cm³/mol. The number of amides is 2. The second-order valence-corrected chi connectivity index (χ2v) is 7.17. The van der Waals surface area contributed by atoms with Crippen LogP contribution in [0.3, 0.4) is 0 Å². The molecule has 0 radical (unpaired) electrons. The molecule has 2 amide bonds. The molecule has 9 heteroatoms. The lowest BCUT2D eigenvalue weighted by atomic mass is 10.2. The van der Waals surface area contributed by atoms with Crippen molar-refractivity contribution < 1.29 is 23.9 Å². The minimum absolute atomic E-state index is 0.0943. The molecule has 2 aromatic rings. The maximum atomic E-state index is 12.0. The molecule has 0 aliphatic rings. The van der Waals surface area contributed by atoms with Crippen molar-refractivity contribution in [2.75, 3.05) is 6.61 Å². The van der Waals surface area contributed by atoms with Crippen molar-refractivity contribution >= 4 is 41.0 Å². The summed E-state index contributed by atoms with van der Waals surface area (Å²) in [4.78, 5) is 35.6. The fourth-order valence-electron chi connectivity index (χ4n) is 2.33. The van der Waals surface area contributed by atoms with Gasteiger partial charge < -0.3 is 9.47 Å². The van der Waals surface area contributed by atoms with Crippen LogP contribution in [0.5, 0.6) is 5.75 Å². The van der Waals surface area contributed by atoms with Crippen molar-refractivity contribution in [1.82, 2.24) is 10.9 Å². The minimum Gasteiger partial charge on any atom is -0.479 e. The highest BCUT2D eigenvalue weighted by Gasteiger charge is 2.17. The molecule has 0 aromatic heterocycles. The molecule has 0 aliphatic carbocycles. The molecule has 0 saturated heterocycles. The Kier molecular flexibility index (Phi) is 9.44. The van der Waals surface area contributed by atoms with Crippen LogP contribution < -0.4 is 15.6 Å². The van der Waals surface area contributed by atoms with Crippen LogP contribution in [0.2, 0.25) is 10.0 Å². The Morgan fingerprint density at radius 1 is 1.00 bits per heavy atom. The highest BCUT2D eigenvalue weighted by molar-refractivity contribution is 6.35. The second-order valence-electron chi connectivity index (χ2n) is 6.33. The number of carbonyl (C=O) groups excluding carboxylic acids is 3. The molecule has 1 unspecified atom stereocenters. The summed E-state index contributed by atoms with van der Waals surface area (Å²) in [6, 6.07) is 14.2. The number of halogens is 2. The molecule has 1 atom stereocenters. The van der Waals surface area contributed by atoms with E-state index in [1.807, 2.05) is 30.3 Å². The van der Waals surface area contributed by atoms with E-state index >= 15 is 0 Å². The maximum Gasteiger partial charge on any atom is 0.306 e. The van der Waals surface area contributed by atoms with Gasteiger partial charge in [-0.15, -0.1) is 0 Å². The summed E-state index contributed by atoms with van der Waals surface area (Å²) in [6.45, 7) is 1.74. The average molecular weight is 453 g/mol. The maximum absolute atomic E-state index is 12.0. The topological polar surface area (TPSA) is 93.7 Å². The van der Waals surface area contributed by atoms with Gasteiger partial charge in [-0.1, -0.05) is 53.5 Å². The van der Waals surface area contributed by atoms with E-state index in [0.29, 0.717) is 11.4 Å². The standard InChI is InChI=1S/C21H22Cl2N2O5/c1-14(30-18-8-7-16(22)13-17(18)23)21(28)25-24-19(26)9-10-20(27)29-12-11-15-5-3-2-4-6-15/h2-8,13-14H,9-12H2,1H3,(H,24,26)(H,25,28). The number of rotatable bonds is 9. The van der Waals surface area contributed by atoms with Gasteiger partial charge in [-0.3, -0.25) is 25.2 Å². The normalized spacial score (nSPS) is 11.3. The van der Waals surface area contributed by atoms with Crippen LogP contribution in [-0.2, 0) is 25.5 Å². The quantitative estimate of drug-likeness (QED) is 0.448. The Labute approximate surface area is 184 Å². The van der Waals surface area contributed by atoms with Gasteiger partial charge in [0.25, 0.3) is 5.91 Å². The number of esters is 1. The molecule has 0 spiro atoms. The second kappa shape index (κ2) is 12.0. The molecule has 0 saturated carbocycles. The van der Waals surface area contributed by atoms with Crippen LogP contribution in [0.25, 0.3) is 0 Å². The Bertz CT molecular complexity index is 877. The van der Waals surface area contributed by atoms with E-state index in [1.165, 1.54) is 19.1 Å². The van der Waals surface area contributed by atoms with Gasteiger partial charge in [0.15, 0.2) is 6.10 Å². The first-order chi connectivity index (χ1) is 14.3. The fraction of sp³-hybridized carbons (Fsp3) is 0.286. The van der Waals surface area contributed by atoms with Crippen molar-refractivity contribution in [2.24, 2.45) is 0 Å². The van der Waals surface area contributed by atoms with E-state index in [4.69, 9.17) is 32.7 Å². The molecule has 0 bridgehead atoms. The third-order valence-electron chi connectivity index (χ3n) is 3.94. The zero-order valence-corrected chi connectivity index (χ0v) is 17.8. The lowest BCUT2D eigenvalue weighted by molar-refractivity contribution is -0.145. The van der Waals surface area contributed by atoms with Gasteiger partial charge in [0.1, 0.15) is 5.75 Å². The number of hydrazine groups is 1. The molecule has 7 nitrogen and oxygen atoms in total. The van der Waals surface area contributed by atoms with E-state index in [-0.39, 0.29) is 30.2 Å². The molecule has 30 heavy (non-hydrogen) atoms. The van der Waals surface area contributed by atoms with E-state index in [9.17, 15) is 14.4 Å². The molecule has 0 heterocycles. The highest BCUT2D eigenvalue weighted by atomic mass is 35.5. The zero-order valence-electron chi connectivity index (χ0n) is 16.3. The lowest BCUT2D eigenvalue weighted by Gasteiger charge is -2.16. The van der Waals surface area contributed by atoms with E-state index in [1.54, 1.807) is 6.07 Å². The van der Waals surface area contributed by atoms with Crippen LogP contribution in [0.15, 0.2) is 48.5 Å². The summed E-state index contributed by atoms with van der Waals surface area (Å²) < 4.78 is 10.5. The van der Waals surface area contributed by atoms with E-state index in [0.717, 1.165) is 5.56 Å². The van der Waals surface area contributed by atoms with Gasteiger partial charge in [-0.2, -0.15) is 0 Å². The molecule has 2 rings (SSSR count). The SMILES string of the molecule is CC(Oc1ccc(Cl)cc1Cl)C(=O)NNC(=O)CCC(=O)OCCc1ccccc1. The summed E-state index contributed by atoms with van der Waals surface area (Å²) in [5.41, 5.74) is 5.52. The predicted octanol–water partition coefficient (Wildman–Crippen LogP) is 3.47. The molecular weight excluding hydrogens is 431 g/mol. The zero-order chi connectivity index (χ0) is 21.9. The van der Waals surface area contributed by atoms with Crippen LogP contribution >= 0.6 is 23.2 Å². The van der Waals surface area contributed by atoms with Crippen molar-refractivity contribution in [3.8, 4) is 5.75 Å². The van der Waals surface area contributed by atoms with Gasteiger partial charge in [0.05, 0.1) is 18.1 Å². The third-order valence-corrected chi connectivity index (χ3v) is 4.48. The fourth-order valence-corrected chi connectivity index (χ4v) is 2.78. The largest absolute Gasteiger partial charge is 0.479 e. The van der Waals surface area contributed by atoms with Gasteiger partial charge in [-0.05, 0) is 30.7 Å². The minimum atomic E-state index is -0.924. The van der Waals surface area contributed by atoms with Crippen molar-refractivity contribution in [3.63, 3.8) is 0 Å². The number of ether oxygens (including phenoxy) is 2. The monoisotopic (exact) mass is 452 g/mol. The first-order valence-electron chi connectivity index (χ1n) is 9.25. The first-order valence-corrected chi connectivity index (χ1v) is 10.0. The molecule has 2 aromatic carbocycles. The van der Waals surface area contributed by atoms with Crippen molar-refractivity contribution in [3.05, 3.63) is 64.1 Å². The number of hydrogen-bond donors (Lipinski definition) is 2. The Morgan fingerprint density at radius 2 is 1.73 bits per heavy atom. The smallest absolute Gasteiger partial charge is 0.306 e.